The van der Waals surface area contributed by atoms with E-state index in [0.29, 0.717) is 5.92 Å². The molecule has 2 unspecified atom stereocenters. The van der Waals surface area contributed by atoms with Crippen LogP contribution < -0.4 is 0 Å². The van der Waals surface area contributed by atoms with Crippen molar-refractivity contribution in [2.24, 2.45) is 11.8 Å². The van der Waals surface area contributed by atoms with Crippen molar-refractivity contribution in [1.29, 1.82) is 0 Å². The zero-order valence-corrected chi connectivity index (χ0v) is 15.8. The van der Waals surface area contributed by atoms with E-state index in [1.165, 1.54) is 18.7 Å². The normalized spacial score (nSPS) is 27.3. The van der Waals surface area contributed by atoms with Crippen LogP contribution in [0.5, 0.6) is 0 Å². The van der Waals surface area contributed by atoms with E-state index in [0.717, 1.165) is 75.9 Å². The number of likely N-dealkylation sites (tertiary alicyclic amines) is 2. The molecule has 27 heavy (non-hydrogen) atoms. The van der Waals surface area contributed by atoms with Crippen LogP contribution >= 0.6 is 0 Å². The lowest BCUT2D eigenvalue weighted by Gasteiger charge is -2.20. The van der Waals surface area contributed by atoms with Crippen LogP contribution in [-0.4, -0.2) is 59.4 Å². The molecule has 2 atom stereocenters. The van der Waals surface area contributed by atoms with Crippen molar-refractivity contribution in [2.45, 2.75) is 31.8 Å². The van der Waals surface area contributed by atoms with Gasteiger partial charge in [-0.3, -0.25) is 9.80 Å². The van der Waals surface area contributed by atoms with E-state index in [2.05, 4.69) is 50.3 Å². The summed E-state index contributed by atoms with van der Waals surface area (Å²) in [5.41, 5.74) is 1.42. The van der Waals surface area contributed by atoms with Gasteiger partial charge in [0.25, 0.3) is 0 Å². The first kappa shape index (κ1) is 17.3. The fraction of sp³-hybridized carbons (Fsp3) is 0.619. The highest BCUT2D eigenvalue weighted by atomic mass is 16.5. The van der Waals surface area contributed by atoms with E-state index in [-0.39, 0.29) is 0 Å². The molecule has 1 aromatic heterocycles. The molecule has 0 N–H and O–H groups in total. The summed E-state index contributed by atoms with van der Waals surface area (Å²) < 4.78 is 11.4. The molecule has 0 aliphatic carbocycles. The van der Waals surface area contributed by atoms with Crippen molar-refractivity contribution in [3.8, 4) is 0 Å². The molecule has 0 bridgehead atoms. The lowest BCUT2D eigenvalue weighted by atomic mass is 10.0. The molecule has 0 spiro atoms. The summed E-state index contributed by atoms with van der Waals surface area (Å²) in [6.07, 6.45) is 1.99. The third kappa shape index (κ3) is 3.93. The van der Waals surface area contributed by atoms with Crippen LogP contribution in [0.3, 0.4) is 0 Å². The molecular weight excluding hydrogens is 340 g/mol. The number of benzene rings is 1. The quantitative estimate of drug-likeness (QED) is 0.808. The molecule has 3 aliphatic rings. The van der Waals surface area contributed by atoms with Crippen molar-refractivity contribution < 1.29 is 9.15 Å². The Bertz CT molecular complexity index is 730. The molecule has 0 radical (unpaired) electrons. The number of hydrogen-bond donors (Lipinski definition) is 0. The number of rotatable bonds is 5. The maximum Gasteiger partial charge on any atom is 0.230 e. The van der Waals surface area contributed by atoms with Crippen LogP contribution in [0.25, 0.3) is 0 Å². The molecule has 5 rings (SSSR count). The summed E-state index contributed by atoms with van der Waals surface area (Å²) in [5, 5.41) is 8.62. The second kappa shape index (κ2) is 7.70. The van der Waals surface area contributed by atoms with E-state index in [9.17, 15) is 0 Å². The molecule has 1 aromatic carbocycles. The van der Waals surface area contributed by atoms with Gasteiger partial charge in [-0.05, 0) is 30.2 Å². The molecule has 0 saturated carbocycles. The van der Waals surface area contributed by atoms with E-state index >= 15 is 0 Å². The highest BCUT2D eigenvalue weighted by molar-refractivity contribution is 5.15. The van der Waals surface area contributed by atoms with Gasteiger partial charge >= 0.3 is 0 Å². The van der Waals surface area contributed by atoms with Crippen molar-refractivity contribution in [1.82, 2.24) is 20.0 Å². The van der Waals surface area contributed by atoms with E-state index < -0.39 is 0 Å². The minimum absolute atomic E-state index is 0.379. The largest absolute Gasteiger partial charge is 0.424 e. The number of ether oxygens (including phenoxy) is 1. The van der Waals surface area contributed by atoms with Crippen LogP contribution in [0.1, 0.15) is 36.1 Å². The van der Waals surface area contributed by atoms with Gasteiger partial charge < -0.3 is 9.15 Å². The predicted octanol–water partition coefficient (Wildman–Crippen LogP) is 2.53. The van der Waals surface area contributed by atoms with E-state index in [4.69, 9.17) is 9.15 Å². The molecule has 144 valence electrons. The Morgan fingerprint density at radius 3 is 2.22 bits per heavy atom. The average molecular weight is 368 g/mol. The van der Waals surface area contributed by atoms with Crippen LogP contribution in [-0.2, 0) is 17.8 Å². The minimum atomic E-state index is 0.379. The van der Waals surface area contributed by atoms with Gasteiger partial charge in [0.05, 0.1) is 6.54 Å². The minimum Gasteiger partial charge on any atom is -0.424 e. The molecule has 3 saturated heterocycles. The van der Waals surface area contributed by atoms with Gasteiger partial charge in [-0.2, -0.15) is 0 Å². The Kier molecular flexibility index (Phi) is 4.95. The fourth-order valence-corrected chi connectivity index (χ4v) is 4.92. The highest BCUT2D eigenvalue weighted by Crippen LogP contribution is 2.33. The molecule has 6 nitrogen and oxygen atoms in total. The van der Waals surface area contributed by atoms with Gasteiger partial charge in [0.2, 0.25) is 11.8 Å². The summed E-state index contributed by atoms with van der Waals surface area (Å²) in [7, 11) is 0. The third-order valence-electron chi connectivity index (χ3n) is 6.30. The van der Waals surface area contributed by atoms with Crippen LogP contribution in [0, 0.1) is 11.8 Å². The van der Waals surface area contributed by atoms with E-state index in [1.807, 2.05) is 0 Å². The molecule has 4 heterocycles. The molecule has 6 heteroatoms. The Morgan fingerprint density at radius 1 is 0.852 bits per heavy atom. The van der Waals surface area contributed by atoms with Gasteiger partial charge in [0.15, 0.2) is 0 Å². The first-order chi connectivity index (χ1) is 13.3. The third-order valence-corrected chi connectivity index (χ3v) is 6.30. The first-order valence-electron chi connectivity index (χ1n) is 10.2. The van der Waals surface area contributed by atoms with Crippen molar-refractivity contribution in [3.63, 3.8) is 0 Å². The van der Waals surface area contributed by atoms with Crippen molar-refractivity contribution in [2.75, 3.05) is 39.4 Å². The zero-order valence-electron chi connectivity index (χ0n) is 15.8. The molecule has 3 aliphatic heterocycles. The summed E-state index contributed by atoms with van der Waals surface area (Å²) >= 11 is 0. The maximum absolute atomic E-state index is 5.98. The lowest BCUT2D eigenvalue weighted by molar-refractivity contribution is 0.0788. The number of hydrogen-bond acceptors (Lipinski definition) is 6. The summed E-state index contributed by atoms with van der Waals surface area (Å²) in [5.74, 6) is 3.50. The molecule has 3 fully saturated rings. The fourth-order valence-electron chi connectivity index (χ4n) is 4.92. The van der Waals surface area contributed by atoms with Gasteiger partial charge in [-0.15, -0.1) is 10.2 Å². The van der Waals surface area contributed by atoms with Crippen molar-refractivity contribution >= 4 is 0 Å². The Morgan fingerprint density at radius 2 is 1.52 bits per heavy atom. The van der Waals surface area contributed by atoms with Crippen molar-refractivity contribution in [3.05, 3.63) is 47.7 Å². The number of nitrogens with zero attached hydrogens (tertiary/aromatic N) is 4. The van der Waals surface area contributed by atoms with Gasteiger partial charge in [0, 0.05) is 51.9 Å². The van der Waals surface area contributed by atoms with Gasteiger partial charge in [0.1, 0.15) is 0 Å². The van der Waals surface area contributed by atoms with Crippen LogP contribution in [0.4, 0.5) is 0 Å². The Balaban J connectivity index is 1.13. The van der Waals surface area contributed by atoms with Crippen LogP contribution in [0.2, 0.25) is 0 Å². The van der Waals surface area contributed by atoms with Gasteiger partial charge in [-0.25, -0.2) is 0 Å². The van der Waals surface area contributed by atoms with Gasteiger partial charge in [-0.1, -0.05) is 30.3 Å². The standard InChI is InChI=1S/C21H28N4O2/c1-2-4-16(5-3-1)10-24-11-18-13-25(14-19(18)12-24)15-20-22-23-21(27-20)17-6-8-26-9-7-17/h1-5,17-19H,6-15H2. The second-order valence-corrected chi connectivity index (χ2v) is 8.31. The topological polar surface area (TPSA) is 54.6 Å². The highest BCUT2D eigenvalue weighted by Gasteiger charge is 2.40. The van der Waals surface area contributed by atoms with E-state index in [1.54, 1.807) is 0 Å². The maximum atomic E-state index is 5.98. The zero-order chi connectivity index (χ0) is 18.1. The Labute approximate surface area is 160 Å². The first-order valence-corrected chi connectivity index (χ1v) is 10.2. The number of fused-ring (bicyclic) bond motifs is 1. The molecule has 2 aromatic rings. The smallest absolute Gasteiger partial charge is 0.230 e. The number of aromatic nitrogens is 2. The second-order valence-electron chi connectivity index (χ2n) is 8.31. The summed E-state index contributed by atoms with van der Waals surface area (Å²) in [4.78, 5) is 5.11. The van der Waals surface area contributed by atoms with Crippen LogP contribution in [0.15, 0.2) is 34.7 Å². The predicted molar refractivity (Wildman–Crippen MR) is 101 cm³/mol. The molecular formula is C21H28N4O2. The monoisotopic (exact) mass is 368 g/mol. The summed E-state index contributed by atoms with van der Waals surface area (Å²) in [6.45, 7) is 8.17. The molecule has 0 amide bonds. The SMILES string of the molecule is c1ccc(CN2CC3CN(Cc4nnc(C5CCOCC5)o4)CC3C2)cc1. The average Bonchev–Trinajstić information content (AvgIpc) is 3.39. The summed E-state index contributed by atoms with van der Waals surface area (Å²) in [6, 6.07) is 10.8. The Hall–Kier alpha value is -1.76. The lowest BCUT2D eigenvalue weighted by Crippen LogP contribution is -2.28.